The Hall–Kier alpha value is -1.44. The number of hydrogen-bond donors (Lipinski definition) is 1. The maximum atomic E-state index is 13.0. The quantitative estimate of drug-likeness (QED) is 0.832. The first-order valence-electron chi connectivity index (χ1n) is 9.55. The summed E-state index contributed by atoms with van der Waals surface area (Å²) in [4.78, 5) is 17.3. The van der Waals surface area contributed by atoms with Crippen molar-refractivity contribution < 1.29 is 13.2 Å². The van der Waals surface area contributed by atoms with E-state index in [9.17, 15) is 13.2 Å². The van der Waals surface area contributed by atoms with E-state index in [4.69, 9.17) is 0 Å². The van der Waals surface area contributed by atoms with Crippen LogP contribution in [0.15, 0.2) is 23.1 Å². The SMILES string of the molecule is Cc1ccc(S(=O)(=O)NC(C)(C)C)cc1C(=O)N1CCN(CC(C)C)CC1. The van der Waals surface area contributed by atoms with E-state index in [-0.39, 0.29) is 10.8 Å². The molecule has 1 aromatic rings. The number of sulfonamides is 1. The Morgan fingerprint density at radius 1 is 1.15 bits per heavy atom. The van der Waals surface area contributed by atoms with E-state index in [1.165, 1.54) is 6.07 Å². The van der Waals surface area contributed by atoms with Crippen LogP contribution >= 0.6 is 0 Å². The van der Waals surface area contributed by atoms with Gasteiger partial charge in [0.15, 0.2) is 0 Å². The van der Waals surface area contributed by atoms with Gasteiger partial charge in [-0.2, -0.15) is 0 Å². The van der Waals surface area contributed by atoms with E-state index in [0.717, 1.165) is 25.2 Å². The number of hydrogen-bond acceptors (Lipinski definition) is 4. The number of benzene rings is 1. The fourth-order valence-electron chi connectivity index (χ4n) is 3.28. The highest BCUT2D eigenvalue weighted by Crippen LogP contribution is 2.20. The highest BCUT2D eigenvalue weighted by molar-refractivity contribution is 7.89. The molecule has 27 heavy (non-hydrogen) atoms. The van der Waals surface area contributed by atoms with Gasteiger partial charge in [-0.25, -0.2) is 13.1 Å². The molecule has 0 bridgehead atoms. The van der Waals surface area contributed by atoms with Crippen LogP contribution in [0.4, 0.5) is 0 Å². The number of rotatable bonds is 5. The van der Waals surface area contributed by atoms with E-state index in [1.807, 2.05) is 11.8 Å². The second-order valence-corrected chi connectivity index (χ2v) is 10.5. The van der Waals surface area contributed by atoms with Gasteiger partial charge in [0.1, 0.15) is 0 Å². The van der Waals surface area contributed by atoms with Crippen LogP contribution in [0.1, 0.15) is 50.5 Å². The summed E-state index contributed by atoms with van der Waals surface area (Å²) in [6, 6.07) is 4.77. The molecular formula is C20H33N3O3S. The maximum absolute atomic E-state index is 13.0. The molecule has 1 aliphatic rings. The Morgan fingerprint density at radius 3 is 2.26 bits per heavy atom. The lowest BCUT2D eigenvalue weighted by atomic mass is 10.1. The minimum absolute atomic E-state index is 0.0931. The molecule has 1 aliphatic heterocycles. The van der Waals surface area contributed by atoms with Gasteiger partial charge in [-0.3, -0.25) is 9.69 Å². The molecule has 0 spiro atoms. The molecule has 1 aromatic carbocycles. The monoisotopic (exact) mass is 395 g/mol. The van der Waals surface area contributed by atoms with Gasteiger partial charge in [-0.1, -0.05) is 19.9 Å². The highest BCUT2D eigenvalue weighted by atomic mass is 32.2. The second-order valence-electron chi connectivity index (χ2n) is 8.82. The summed E-state index contributed by atoms with van der Waals surface area (Å²) < 4.78 is 27.9. The van der Waals surface area contributed by atoms with E-state index >= 15 is 0 Å². The van der Waals surface area contributed by atoms with Crippen LogP contribution in [-0.2, 0) is 10.0 Å². The number of carbonyl (C=O) groups excluding carboxylic acids is 1. The number of aryl methyl sites for hydroxylation is 1. The number of amides is 1. The van der Waals surface area contributed by atoms with Crippen LogP contribution in [0.5, 0.6) is 0 Å². The first kappa shape index (κ1) is 21.9. The molecule has 1 fully saturated rings. The summed E-state index contributed by atoms with van der Waals surface area (Å²) in [6.07, 6.45) is 0. The normalized spacial score (nSPS) is 16.8. The molecular weight excluding hydrogens is 362 g/mol. The zero-order valence-corrected chi connectivity index (χ0v) is 18.2. The van der Waals surface area contributed by atoms with Gasteiger partial charge in [0.2, 0.25) is 10.0 Å². The zero-order valence-electron chi connectivity index (χ0n) is 17.4. The van der Waals surface area contributed by atoms with Crippen LogP contribution in [0.3, 0.4) is 0 Å². The number of nitrogens with one attached hydrogen (secondary N) is 1. The zero-order chi connectivity index (χ0) is 20.4. The smallest absolute Gasteiger partial charge is 0.254 e. The summed E-state index contributed by atoms with van der Waals surface area (Å²) in [5, 5.41) is 0. The van der Waals surface area contributed by atoms with Crippen molar-refractivity contribution in [3.63, 3.8) is 0 Å². The van der Waals surface area contributed by atoms with Crippen molar-refractivity contribution in [3.8, 4) is 0 Å². The fourth-order valence-corrected chi connectivity index (χ4v) is 4.73. The Labute approximate surface area is 164 Å². The number of carbonyl (C=O) groups is 1. The van der Waals surface area contributed by atoms with Crippen LogP contribution in [0, 0.1) is 12.8 Å². The molecule has 0 atom stereocenters. The Morgan fingerprint density at radius 2 is 1.74 bits per heavy atom. The Bertz CT molecular complexity index is 774. The van der Waals surface area contributed by atoms with Crippen LogP contribution < -0.4 is 4.72 Å². The maximum Gasteiger partial charge on any atom is 0.254 e. The minimum atomic E-state index is -3.67. The lowest BCUT2D eigenvalue weighted by Gasteiger charge is -2.35. The van der Waals surface area contributed by atoms with Crippen molar-refractivity contribution in [2.45, 2.75) is 52.0 Å². The lowest BCUT2D eigenvalue weighted by Crippen LogP contribution is -2.49. The first-order chi connectivity index (χ1) is 12.4. The molecule has 0 unspecified atom stereocenters. The van der Waals surface area contributed by atoms with E-state index in [2.05, 4.69) is 23.5 Å². The predicted molar refractivity (Wildman–Crippen MR) is 108 cm³/mol. The third-order valence-electron chi connectivity index (χ3n) is 4.47. The molecule has 152 valence electrons. The van der Waals surface area contributed by atoms with Crippen LogP contribution in [-0.4, -0.2) is 62.4 Å². The Balaban J connectivity index is 2.18. The third kappa shape index (κ3) is 6.02. The van der Waals surface area contributed by atoms with Crippen molar-refractivity contribution in [1.29, 1.82) is 0 Å². The summed E-state index contributed by atoms with van der Waals surface area (Å²) in [6.45, 7) is 15.7. The van der Waals surface area contributed by atoms with Gasteiger partial charge >= 0.3 is 0 Å². The number of nitrogens with zero attached hydrogens (tertiary/aromatic N) is 2. The molecule has 1 N–H and O–H groups in total. The molecule has 1 amide bonds. The summed E-state index contributed by atoms with van der Waals surface area (Å²) >= 11 is 0. The van der Waals surface area contributed by atoms with E-state index < -0.39 is 15.6 Å². The molecule has 0 radical (unpaired) electrons. The molecule has 2 rings (SSSR count). The third-order valence-corrected chi connectivity index (χ3v) is 6.23. The molecule has 7 heteroatoms. The van der Waals surface area contributed by atoms with Crippen molar-refractivity contribution in [1.82, 2.24) is 14.5 Å². The highest BCUT2D eigenvalue weighted by Gasteiger charge is 2.26. The topological polar surface area (TPSA) is 69.7 Å². The van der Waals surface area contributed by atoms with Gasteiger partial charge in [-0.15, -0.1) is 0 Å². The first-order valence-corrected chi connectivity index (χ1v) is 11.0. The van der Waals surface area contributed by atoms with Crippen LogP contribution in [0.2, 0.25) is 0 Å². The molecule has 1 heterocycles. The van der Waals surface area contributed by atoms with E-state index in [0.29, 0.717) is 24.6 Å². The van der Waals surface area contributed by atoms with Crippen molar-refractivity contribution in [2.24, 2.45) is 5.92 Å². The van der Waals surface area contributed by atoms with Gasteiger partial charge < -0.3 is 4.90 Å². The molecule has 0 saturated carbocycles. The fraction of sp³-hybridized carbons (Fsp3) is 0.650. The van der Waals surface area contributed by atoms with Gasteiger partial charge in [0.05, 0.1) is 4.90 Å². The molecule has 0 aromatic heterocycles. The minimum Gasteiger partial charge on any atom is -0.336 e. The molecule has 0 aliphatic carbocycles. The lowest BCUT2D eigenvalue weighted by molar-refractivity contribution is 0.0623. The second kappa shape index (κ2) is 8.29. The average Bonchev–Trinajstić information content (AvgIpc) is 2.52. The largest absolute Gasteiger partial charge is 0.336 e. The molecule has 6 nitrogen and oxygen atoms in total. The summed E-state index contributed by atoms with van der Waals surface area (Å²) in [5.41, 5.74) is 0.670. The van der Waals surface area contributed by atoms with Gasteiger partial charge in [-0.05, 0) is 51.3 Å². The Kier molecular flexibility index (Phi) is 6.71. The van der Waals surface area contributed by atoms with Crippen molar-refractivity contribution in [2.75, 3.05) is 32.7 Å². The summed E-state index contributed by atoms with van der Waals surface area (Å²) in [7, 11) is -3.67. The van der Waals surface area contributed by atoms with Crippen molar-refractivity contribution in [3.05, 3.63) is 29.3 Å². The summed E-state index contributed by atoms with van der Waals surface area (Å²) in [5.74, 6) is 0.510. The predicted octanol–water partition coefficient (Wildman–Crippen LogP) is 2.49. The average molecular weight is 396 g/mol. The van der Waals surface area contributed by atoms with Gasteiger partial charge in [0, 0.05) is 43.8 Å². The van der Waals surface area contributed by atoms with Gasteiger partial charge in [0.25, 0.3) is 5.91 Å². The van der Waals surface area contributed by atoms with Crippen molar-refractivity contribution >= 4 is 15.9 Å². The van der Waals surface area contributed by atoms with E-state index in [1.54, 1.807) is 32.9 Å². The standard InChI is InChI=1S/C20H33N3O3S/c1-15(2)14-22-9-11-23(12-10-22)19(24)18-13-17(8-7-16(18)3)27(25,26)21-20(4,5)6/h7-8,13,15,21H,9-12,14H2,1-6H3. The number of piperazine rings is 1. The molecule has 1 saturated heterocycles. The van der Waals surface area contributed by atoms with Crippen LogP contribution in [0.25, 0.3) is 0 Å².